The largest absolute Gasteiger partial charge is 0.446 e. The van der Waals surface area contributed by atoms with Gasteiger partial charge in [-0.05, 0) is 99.8 Å². The van der Waals surface area contributed by atoms with Gasteiger partial charge in [-0.15, -0.1) is 11.3 Å². The lowest BCUT2D eigenvalue weighted by atomic mass is 9.78. The van der Waals surface area contributed by atoms with Gasteiger partial charge in [-0.25, -0.2) is 9.78 Å². The summed E-state index contributed by atoms with van der Waals surface area (Å²) in [6.07, 6.45) is 15.3. The summed E-state index contributed by atoms with van der Waals surface area (Å²) >= 11 is 1.78. The molecule has 1 heterocycles. The van der Waals surface area contributed by atoms with Crippen LogP contribution in [0.2, 0.25) is 0 Å². The summed E-state index contributed by atoms with van der Waals surface area (Å²) in [5.41, 5.74) is 3.24. The van der Waals surface area contributed by atoms with Gasteiger partial charge in [0.05, 0.1) is 9.88 Å². The molecular weight excluding hydrogens is 582 g/mol. The summed E-state index contributed by atoms with van der Waals surface area (Å²) in [5, 5.41) is 3.76. The van der Waals surface area contributed by atoms with Crippen LogP contribution in [0.1, 0.15) is 75.1 Å². The molecule has 1 aromatic heterocycles. The minimum absolute atomic E-state index is 0.0737. The second kappa shape index (κ2) is 15.2. The maximum atomic E-state index is 14.3. The zero-order valence-corrected chi connectivity index (χ0v) is 28.2. The Morgan fingerprint density at radius 2 is 1.76 bits per heavy atom. The summed E-state index contributed by atoms with van der Waals surface area (Å²) < 4.78 is 5.50. The molecule has 3 aliphatic carbocycles. The number of hydrogen-bond donors (Lipinski definition) is 1. The molecule has 45 heavy (non-hydrogen) atoms. The van der Waals surface area contributed by atoms with Crippen LogP contribution < -0.4 is 10.2 Å². The van der Waals surface area contributed by atoms with Gasteiger partial charge in [0.25, 0.3) is 0 Å². The van der Waals surface area contributed by atoms with Gasteiger partial charge in [-0.1, -0.05) is 30.4 Å². The molecule has 3 fully saturated rings. The lowest BCUT2D eigenvalue weighted by Crippen LogP contribution is -2.42. The van der Waals surface area contributed by atoms with Gasteiger partial charge >= 0.3 is 6.09 Å². The van der Waals surface area contributed by atoms with Crippen molar-refractivity contribution in [1.29, 1.82) is 0 Å². The number of hydrogen-bond acceptors (Lipinski definition) is 6. The lowest BCUT2D eigenvalue weighted by molar-refractivity contribution is -0.124. The van der Waals surface area contributed by atoms with E-state index in [2.05, 4.69) is 52.1 Å². The predicted octanol–water partition coefficient (Wildman–Crippen LogP) is 7.44. The molecule has 1 aromatic carbocycles. The highest BCUT2D eigenvalue weighted by atomic mass is 32.1. The van der Waals surface area contributed by atoms with Gasteiger partial charge in [0, 0.05) is 58.5 Å². The van der Waals surface area contributed by atoms with Crippen molar-refractivity contribution in [2.45, 2.75) is 76.2 Å². The first kappa shape index (κ1) is 32.9. The Hall–Kier alpha value is -3.46. The Labute approximate surface area is 272 Å². The Bertz CT molecular complexity index is 1390. The van der Waals surface area contributed by atoms with Crippen molar-refractivity contribution in [1.82, 2.24) is 15.2 Å². The Morgan fingerprint density at radius 3 is 2.40 bits per heavy atom. The maximum absolute atomic E-state index is 14.3. The van der Waals surface area contributed by atoms with Crippen molar-refractivity contribution < 1.29 is 14.3 Å². The number of nitrogens with one attached hydrogen (secondary N) is 1. The Balaban J connectivity index is 1.28. The molecule has 0 atom stereocenters. The van der Waals surface area contributed by atoms with Crippen LogP contribution in [0.15, 0.2) is 59.8 Å². The van der Waals surface area contributed by atoms with Gasteiger partial charge in [-0.2, -0.15) is 0 Å². The molecule has 242 valence electrons. The zero-order valence-electron chi connectivity index (χ0n) is 27.3. The van der Waals surface area contributed by atoms with Crippen LogP contribution in [0.3, 0.4) is 0 Å². The number of thiazole rings is 1. The standard InChI is InChI=1S/C36H49N5O3S/c1-24(9-20-33(37-2)40(4)5)26-12-10-25(11-13-26)23-41(35(42)28-16-18-31(19-17-28)44-36(43)38-3)30-8-6-7-29(21-30)32-22-39-34(45-32)27-14-15-27/h6-9,20-22,25-28,31H,1,10-19,23H2,2-5H3,(H,38,43)/b20-9-,37-33+/t25-,26-,28-,31-. The van der Waals surface area contributed by atoms with E-state index in [-0.39, 0.29) is 17.9 Å². The number of amidine groups is 1. The number of benzene rings is 1. The first-order chi connectivity index (χ1) is 21.7. The Kier molecular flexibility index (Phi) is 11.1. The third-order valence-corrected chi connectivity index (χ3v) is 10.8. The van der Waals surface area contributed by atoms with Crippen molar-refractivity contribution in [3.8, 4) is 10.4 Å². The number of aromatic nitrogens is 1. The van der Waals surface area contributed by atoms with Crippen LogP contribution in [0.25, 0.3) is 10.4 Å². The van der Waals surface area contributed by atoms with Gasteiger partial charge in [0.2, 0.25) is 5.91 Å². The molecule has 2 amide bonds. The highest BCUT2D eigenvalue weighted by Gasteiger charge is 2.34. The number of allylic oxidation sites excluding steroid dienone is 2. The molecule has 0 radical (unpaired) electrons. The minimum Gasteiger partial charge on any atom is -0.446 e. The van der Waals surface area contributed by atoms with Crippen molar-refractivity contribution in [3.05, 3.63) is 59.8 Å². The van der Waals surface area contributed by atoms with E-state index in [4.69, 9.17) is 9.72 Å². The van der Waals surface area contributed by atoms with E-state index in [1.54, 1.807) is 18.4 Å². The topological polar surface area (TPSA) is 87.1 Å². The summed E-state index contributed by atoms with van der Waals surface area (Å²) in [7, 11) is 7.38. The average Bonchev–Trinajstić information content (AvgIpc) is 3.79. The van der Waals surface area contributed by atoms with E-state index in [0.717, 1.165) is 72.6 Å². The number of carbonyl (C=O) groups is 2. The number of anilines is 1. The van der Waals surface area contributed by atoms with E-state index >= 15 is 0 Å². The third-order valence-electron chi connectivity index (χ3n) is 9.61. The number of likely N-dealkylation sites (N-methyl/N-ethyl adjacent to an activating group) is 1. The van der Waals surface area contributed by atoms with Crippen LogP contribution in [0, 0.1) is 17.8 Å². The minimum atomic E-state index is -0.401. The predicted molar refractivity (Wildman–Crippen MR) is 184 cm³/mol. The van der Waals surface area contributed by atoms with Crippen LogP contribution >= 0.6 is 11.3 Å². The molecule has 1 N–H and O–H groups in total. The molecule has 2 aromatic rings. The van der Waals surface area contributed by atoms with E-state index < -0.39 is 6.09 Å². The van der Waals surface area contributed by atoms with Crippen LogP contribution in [-0.4, -0.2) is 68.6 Å². The number of ether oxygens (including phenoxy) is 1. The normalized spacial score (nSPS) is 23.9. The second-order valence-electron chi connectivity index (χ2n) is 13.1. The third kappa shape index (κ3) is 8.63. The maximum Gasteiger partial charge on any atom is 0.407 e. The molecule has 0 unspecified atom stereocenters. The fourth-order valence-electron chi connectivity index (χ4n) is 6.66. The summed E-state index contributed by atoms with van der Waals surface area (Å²) in [4.78, 5) is 40.3. The number of aliphatic imine (C=N–C) groups is 1. The van der Waals surface area contributed by atoms with Gasteiger partial charge in [0.1, 0.15) is 11.9 Å². The van der Waals surface area contributed by atoms with Crippen molar-refractivity contribution >= 4 is 34.9 Å². The molecule has 8 nitrogen and oxygen atoms in total. The van der Waals surface area contributed by atoms with Crippen molar-refractivity contribution in [3.63, 3.8) is 0 Å². The van der Waals surface area contributed by atoms with Crippen LogP contribution in [0.4, 0.5) is 10.5 Å². The van der Waals surface area contributed by atoms with Crippen molar-refractivity contribution in [2.75, 3.05) is 39.6 Å². The SMILES string of the molecule is C=C(/C=C\C(=N/C)N(C)C)[C@H]1CC[C@H](CN(c2cccc(-c3cnc(C4CC4)s3)c2)C(=O)[C@H]2CC[C@H](OC(=O)NC)CC2)CC1. The average molecular weight is 632 g/mol. The number of nitrogens with zero attached hydrogens (tertiary/aromatic N) is 4. The number of amides is 2. The van der Waals surface area contributed by atoms with Crippen molar-refractivity contribution in [2.24, 2.45) is 22.7 Å². The van der Waals surface area contributed by atoms with E-state index in [9.17, 15) is 9.59 Å². The van der Waals surface area contributed by atoms with E-state index in [1.165, 1.54) is 17.8 Å². The number of carbonyl (C=O) groups excluding carboxylic acids is 2. The second-order valence-corrected chi connectivity index (χ2v) is 14.1. The molecule has 3 aliphatic rings. The van der Waals surface area contributed by atoms with Crippen LogP contribution in [-0.2, 0) is 9.53 Å². The van der Waals surface area contributed by atoms with Gasteiger partial charge in [-0.3, -0.25) is 9.79 Å². The van der Waals surface area contributed by atoms with E-state index in [1.807, 2.05) is 38.3 Å². The first-order valence-electron chi connectivity index (χ1n) is 16.5. The smallest absolute Gasteiger partial charge is 0.407 e. The quantitative estimate of drug-likeness (QED) is 0.167. The van der Waals surface area contributed by atoms with E-state index in [0.29, 0.717) is 30.6 Å². The summed E-state index contributed by atoms with van der Waals surface area (Å²) in [6, 6.07) is 8.47. The molecule has 0 spiro atoms. The van der Waals surface area contributed by atoms with Gasteiger partial charge < -0.3 is 19.9 Å². The zero-order chi connectivity index (χ0) is 31.9. The highest BCUT2D eigenvalue weighted by molar-refractivity contribution is 7.15. The molecule has 0 saturated heterocycles. The number of rotatable bonds is 10. The molecule has 0 bridgehead atoms. The number of alkyl carbamates (subject to hydrolysis) is 1. The highest BCUT2D eigenvalue weighted by Crippen LogP contribution is 2.44. The molecular formula is C36H49N5O3S. The fourth-order valence-corrected chi connectivity index (χ4v) is 7.75. The first-order valence-corrected chi connectivity index (χ1v) is 17.3. The van der Waals surface area contributed by atoms with Crippen LogP contribution in [0.5, 0.6) is 0 Å². The lowest BCUT2D eigenvalue weighted by Gasteiger charge is -2.36. The van der Waals surface area contributed by atoms with Gasteiger partial charge in [0.15, 0.2) is 0 Å². The molecule has 0 aliphatic heterocycles. The molecule has 9 heteroatoms. The Morgan fingerprint density at radius 1 is 1.04 bits per heavy atom. The molecule has 5 rings (SSSR count). The monoisotopic (exact) mass is 631 g/mol. The summed E-state index contributed by atoms with van der Waals surface area (Å²) in [5.74, 6) is 2.56. The summed E-state index contributed by atoms with van der Waals surface area (Å²) in [6.45, 7) is 5.10. The molecule has 3 saturated carbocycles. The fraction of sp³-hybridized carbons (Fsp3) is 0.556.